The molecule has 3 aromatic rings. The highest BCUT2D eigenvalue weighted by Gasteiger charge is 2.33. The van der Waals surface area contributed by atoms with E-state index in [4.69, 9.17) is 0 Å². The number of carbonyl (C=O) groups excluding carboxylic acids is 2. The van der Waals surface area contributed by atoms with Crippen molar-refractivity contribution in [2.45, 2.75) is 57.5 Å². The van der Waals surface area contributed by atoms with Gasteiger partial charge < -0.3 is 10.2 Å². The third-order valence-corrected chi connectivity index (χ3v) is 8.20. The number of halogens is 1. The third-order valence-electron chi connectivity index (χ3n) is 6.41. The first-order chi connectivity index (χ1) is 18.7. The van der Waals surface area contributed by atoms with Gasteiger partial charge in [-0.05, 0) is 61.7 Å². The van der Waals surface area contributed by atoms with Crippen LogP contribution in [0, 0.1) is 12.7 Å². The van der Waals surface area contributed by atoms with Crippen molar-refractivity contribution in [3.05, 3.63) is 95.8 Å². The van der Waals surface area contributed by atoms with E-state index in [9.17, 15) is 22.4 Å². The molecule has 0 heterocycles. The van der Waals surface area contributed by atoms with Crippen molar-refractivity contribution >= 4 is 27.5 Å². The highest BCUT2D eigenvalue weighted by Crippen LogP contribution is 2.25. The lowest BCUT2D eigenvalue weighted by atomic mass is 10.1. The van der Waals surface area contributed by atoms with Gasteiger partial charge in [-0.25, -0.2) is 12.8 Å². The second-order valence-electron chi connectivity index (χ2n) is 9.38. The Morgan fingerprint density at radius 1 is 0.923 bits per heavy atom. The van der Waals surface area contributed by atoms with Gasteiger partial charge in [-0.2, -0.15) is 0 Å². The Morgan fingerprint density at radius 3 is 2.15 bits per heavy atom. The standard InChI is InChI=1S/C30H36FN3O4S/c1-4-6-20-32-30(36)28(5-2)33(21-24-10-8-7-9-11-24)29(35)22-34(26-16-12-23(3)13-17-26)39(37,38)27-18-14-25(31)15-19-27/h7-19,28H,4-6,20-22H2,1-3H3,(H,32,36). The summed E-state index contributed by atoms with van der Waals surface area (Å²) in [7, 11) is -4.24. The fourth-order valence-electron chi connectivity index (χ4n) is 4.18. The molecule has 0 aliphatic rings. The number of unbranched alkanes of at least 4 members (excludes halogenated alkanes) is 1. The molecule has 1 unspecified atom stereocenters. The summed E-state index contributed by atoms with van der Waals surface area (Å²) in [5.74, 6) is -1.37. The van der Waals surface area contributed by atoms with Gasteiger partial charge >= 0.3 is 0 Å². The molecule has 0 saturated heterocycles. The number of sulfonamides is 1. The maximum atomic E-state index is 13.9. The van der Waals surface area contributed by atoms with Crippen LogP contribution in [-0.4, -0.2) is 44.3 Å². The van der Waals surface area contributed by atoms with Crippen molar-refractivity contribution in [3.63, 3.8) is 0 Å². The van der Waals surface area contributed by atoms with Crippen LogP contribution in [0.15, 0.2) is 83.8 Å². The number of benzene rings is 3. The van der Waals surface area contributed by atoms with Crippen molar-refractivity contribution in [1.82, 2.24) is 10.2 Å². The van der Waals surface area contributed by atoms with Crippen LogP contribution in [0.4, 0.5) is 10.1 Å². The number of rotatable bonds is 13. The molecule has 1 atom stereocenters. The lowest BCUT2D eigenvalue weighted by Gasteiger charge is -2.33. The van der Waals surface area contributed by atoms with Crippen LogP contribution in [0.1, 0.15) is 44.2 Å². The number of aryl methyl sites for hydroxylation is 1. The minimum Gasteiger partial charge on any atom is -0.354 e. The van der Waals surface area contributed by atoms with Gasteiger partial charge in [0.25, 0.3) is 10.0 Å². The molecular weight excluding hydrogens is 517 g/mol. The number of anilines is 1. The molecule has 0 aliphatic carbocycles. The fraction of sp³-hybridized carbons (Fsp3) is 0.333. The van der Waals surface area contributed by atoms with Crippen LogP contribution in [0.5, 0.6) is 0 Å². The van der Waals surface area contributed by atoms with Crippen molar-refractivity contribution < 1.29 is 22.4 Å². The first-order valence-electron chi connectivity index (χ1n) is 13.1. The maximum absolute atomic E-state index is 13.9. The molecule has 7 nitrogen and oxygen atoms in total. The third kappa shape index (κ3) is 7.89. The summed E-state index contributed by atoms with van der Waals surface area (Å²) in [4.78, 5) is 28.4. The van der Waals surface area contributed by atoms with Crippen molar-refractivity contribution in [2.24, 2.45) is 0 Å². The van der Waals surface area contributed by atoms with Crippen LogP contribution >= 0.6 is 0 Å². The quantitative estimate of drug-likeness (QED) is 0.300. The number of hydrogen-bond acceptors (Lipinski definition) is 4. The Hall–Kier alpha value is -3.72. The zero-order chi connectivity index (χ0) is 28.4. The summed E-state index contributed by atoms with van der Waals surface area (Å²) in [6.07, 6.45) is 2.08. The van der Waals surface area contributed by atoms with E-state index in [2.05, 4.69) is 5.32 Å². The monoisotopic (exact) mass is 553 g/mol. The lowest BCUT2D eigenvalue weighted by molar-refractivity contribution is -0.140. The second-order valence-corrected chi connectivity index (χ2v) is 11.2. The van der Waals surface area contributed by atoms with E-state index in [1.165, 1.54) is 17.0 Å². The SMILES string of the molecule is CCCCNC(=O)C(CC)N(Cc1ccccc1)C(=O)CN(c1ccc(C)cc1)S(=O)(=O)c1ccc(F)cc1. The predicted octanol–water partition coefficient (Wildman–Crippen LogP) is 5.05. The van der Waals surface area contributed by atoms with Crippen LogP contribution in [0.2, 0.25) is 0 Å². The minimum absolute atomic E-state index is 0.137. The summed E-state index contributed by atoms with van der Waals surface area (Å²) < 4.78 is 42.1. The van der Waals surface area contributed by atoms with Crippen LogP contribution in [-0.2, 0) is 26.2 Å². The Kier molecular flexibility index (Phi) is 10.6. The Bertz CT molecular complexity index is 1330. The molecule has 0 aliphatic heterocycles. The topological polar surface area (TPSA) is 86.8 Å². The van der Waals surface area contributed by atoms with Crippen LogP contribution < -0.4 is 9.62 Å². The molecule has 2 amide bonds. The van der Waals surface area contributed by atoms with Gasteiger partial charge in [-0.3, -0.25) is 13.9 Å². The smallest absolute Gasteiger partial charge is 0.264 e. The van der Waals surface area contributed by atoms with E-state index < -0.39 is 34.3 Å². The van der Waals surface area contributed by atoms with E-state index in [0.717, 1.165) is 40.4 Å². The van der Waals surface area contributed by atoms with Crippen molar-refractivity contribution in [2.75, 3.05) is 17.4 Å². The van der Waals surface area contributed by atoms with Crippen molar-refractivity contribution in [1.29, 1.82) is 0 Å². The van der Waals surface area contributed by atoms with E-state index in [1.54, 1.807) is 24.3 Å². The molecule has 3 aromatic carbocycles. The largest absolute Gasteiger partial charge is 0.354 e. The first-order valence-corrected chi connectivity index (χ1v) is 14.6. The summed E-state index contributed by atoms with van der Waals surface area (Å²) in [5, 5.41) is 2.91. The van der Waals surface area contributed by atoms with Gasteiger partial charge in [0.1, 0.15) is 18.4 Å². The summed E-state index contributed by atoms with van der Waals surface area (Å²) in [6.45, 7) is 5.82. The summed E-state index contributed by atoms with van der Waals surface area (Å²) in [5.41, 5.74) is 2.03. The Balaban J connectivity index is 2.01. The highest BCUT2D eigenvalue weighted by molar-refractivity contribution is 7.92. The molecule has 208 valence electrons. The molecule has 0 spiro atoms. The Morgan fingerprint density at radius 2 is 1.56 bits per heavy atom. The molecule has 0 aromatic heterocycles. The van der Waals surface area contributed by atoms with Gasteiger partial charge in [0, 0.05) is 13.1 Å². The van der Waals surface area contributed by atoms with Gasteiger partial charge in [-0.15, -0.1) is 0 Å². The number of nitrogens with one attached hydrogen (secondary N) is 1. The number of carbonyl (C=O) groups is 2. The van der Waals surface area contributed by atoms with Crippen LogP contribution in [0.25, 0.3) is 0 Å². The van der Waals surface area contributed by atoms with E-state index in [0.29, 0.717) is 18.7 Å². The van der Waals surface area contributed by atoms with Crippen molar-refractivity contribution in [3.8, 4) is 0 Å². The zero-order valence-electron chi connectivity index (χ0n) is 22.6. The fourth-order valence-corrected chi connectivity index (χ4v) is 5.59. The number of amides is 2. The molecule has 0 radical (unpaired) electrons. The number of nitrogens with zero attached hydrogens (tertiary/aromatic N) is 2. The summed E-state index contributed by atoms with van der Waals surface area (Å²) in [6, 6.07) is 19.7. The average Bonchev–Trinajstić information content (AvgIpc) is 2.93. The van der Waals surface area contributed by atoms with Gasteiger partial charge in [0.05, 0.1) is 10.6 Å². The van der Waals surface area contributed by atoms with E-state index in [-0.39, 0.29) is 17.3 Å². The molecule has 0 bridgehead atoms. The number of hydrogen-bond donors (Lipinski definition) is 1. The first kappa shape index (κ1) is 29.8. The predicted molar refractivity (Wildman–Crippen MR) is 151 cm³/mol. The van der Waals surface area contributed by atoms with Gasteiger partial charge in [-0.1, -0.05) is 68.3 Å². The highest BCUT2D eigenvalue weighted by atomic mass is 32.2. The molecule has 3 rings (SSSR count). The maximum Gasteiger partial charge on any atom is 0.264 e. The average molecular weight is 554 g/mol. The van der Waals surface area contributed by atoms with E-state index in [1.807, 2.05) is 51.1 Å². The van der Waals surface area contributed by atoms with E-state index >= 15 is 0 Å². The van der Waals surface area contributed by atoms with Crippen LogP contribution in [0.3, 0.4) is 0 Å². The summed E-state index contributed by atoms with van der Waals surface area (Å²) >= 11 is 0. The van der Waals surface area contributed by atoms with Gasteiger partial charge in [0.15, 0.2) is 0 Å². The molecule has 39 heavy (non-hydrogen) atoms. The second kappa shape index (κ2) is 13.9. The van der Waals surface area contributed by atoms with Gasteiger partial charge in [0.2, 0.25) is 11.8 Å². The molecular formula is C30H36FN3O4S. The minimum atomic E-state index is -4.24. The normalized spacial score (nSPS) is 12.0. The molecule has 0 fully saturated rings. The zero-order valence-corrected chi connectivity index (χ0v) is 23.5. The molecule has 9 heteroatoms. The molecule has 1 N–H and O–H groups in total. The molecule has 0 saturated carbocycles. The lowest BCUT2D eigenvalue weighted by Crippen LogP contribution is -2.52. The Labute approximate surface area is 230 Å².